The second kappa shape index (κ2) is 10.1. The summed E-state index contributed by atoms with van der Waals surface area (Å²) in [5.41, 5.74) is 2.15. The summed E-state index contributed by atoms with van der Waals surface area (Å²) in [7, 11) is 0. The van der Waals surface area contributed by atoms with E-state index in [1.165, 1.54) is 0 Å². The second-order valence-electron chi connectivity index (χ2n) is 3.96. The van der Waals surface area contributed by atoms with Gasteiger partial charge in [0.2, 0.25) is 0 Å². The fourth-order valence-corrected chi connectivity index (χ4v) is 1.78. The third kappa shape index (κ3) is 5.38. The SMILES string of the molecule is CCNC(=NCc1c(CC)noc1CC)NCC.I. The first-order valence-corrected chi connectivity index (χ1v) is 6.75. The molecule has 0 aliphatic carbocycles. The van der Waals surface area contributed by atoms with Crippen LogP contribution in [0.4, 0.5) is 0 Å². The maximum atomic E-state index is 5.33. The van der Waals surface area contributed by atoms with E-state index in [2.05, 4.69) is 48.5 Å². The lowest BCUT2D eigenvalue weighted by Gasteiger charge is -2.09. The van der Waals surface area contributed by atoms with E-state index in [1.807, 2.05) is 0 Å². The van der Waals surface area contributed by atoms with Gasteiger partial charge in [0.1, 0.15) is 5.76 Å². The number of halogens is 1. The quantitative estimate of drug-likeness (QED) is 0.452. The summed E-state index contributed by atoms with van der Waals surface area (Å²) in [5, 5.41) is 10.5. The largest absolute Gasteiger partial charge is 0.361 e. The number of aromatic nitrogens is 1. The van der Waals surface area contributed by atoms with Gasteiger partial charge >= 0.3 is 0 Å². The number of guanidine groups is 1. The summed E-state index contributed by atoms with van der Waals surface area (Å²) in [6.45, 7) is 10.6. The van der Waals surface area contributed by atoms with Crippen LogP contribution in [0.5, 0.6) is 0 Å². The average molecular weight is 380 g/mol. The highest BCUT2D eigenvalue weighted by Gasteiger charge is 2.12. The number of aryl methyl sites for hydroxylation is 2. The van der Waals surface area contributed by atoms with Gasteiger partial charge in [-0.05, 0) is 20.3 Å². The summed E-state index contributed by atoms with van der Waals surface area (Å²) in [6.07, 6.45) is 1.74. The Morgan fingerprint density at radius 2 is 1.74 bits per heavy atom. The molecule has 0 aliphatic rings. The molecule has 2 N–H and O–H groups in total. The van der Waals surface area contributed by atoms with E-state index in [-0.39, 0.29) is 24.0 Å². The highest BCUT2D eigenvalue weighted by Crippen LogP contribution is 2.16. The molecular formula is C13H25IN4O. The summed E-state index contributed by atoms with van der Waals surface area (Å²) in [5.74, 6) is 1.79. The minimum atomic E-state index is 0. The van der Waals surface area contributed by atoms with Crippen LogP contribution in [0.1, 0.15) is 44.7 Å². The van der Waals surface area contributed by atoms with Crippen LogP contribution in [0.15, 0.2) is 9.52 Å². The topological polar surface area (TPSA) is 62.5 Å². The van der Waals surface area contributed by atoms with Gasteiger partial charge in [-0.15, -0.1) is 24.0 Å². The van der Waals surface area contributed by atoms with E-state index in [1.54, 1.807) is 0 Å². The number of hydrogen-bond donors (Lipinski definition) is 2. The van der Waals surface area contributed by atoms with Crippen LogP contribution in [-0.2, 0) is 19.4 Å². The third-order valence-electron chi connectivity index (χ3n) is 2.69. The lowest BCUT2D eigenvalue weighted by atomic mass is 10.1. The fourth-order valence-electron chi connectivity index (χ4n) is 1.78. The van der Waals surface area contributed by atoms with Gasteiger partial charge in [-0.1, -0.05) is 19.0 Å². The fraction of sp³-hybridized carbons (Fsp3) is 0.692. The van der Waals surface area contributed by atoms with Crippen LogP contribution in [0, 0.1) is 0 Å². The highest BCUT2D eigenvalue weighted by atomic mass is 127. The van der Waals surface area contributed by atoms with Crippen LogP contribution in [0.2, 0.25) is 0 Å². The normalized spacial score (nSPS) is 9.68. The minimum absolute atomic E-state index is 0. The van der Waals surface area contributed by atoms with E-state index in [0.29, 0.717) is 6.54 Å². The summed E-state index contributed by atoms with van der Waals surface area (Å²) < 4.78 is 5.33. The number of hydrogen-bond acceptors (Lipinski definition) is 3. The third-order valence-corrected chi connectivity index (χ3v) is 2.69. The second-order valence-corrected chi connectivity index (χ2v) is 3.96. The van der Waals surface area contributed by atoms with Crippen molar-refractivity contribution in [2.75, 3.05) is 13.1 Å². The average Bonchev–Trinajstić information content (AvgIpc) is 2.78. The molecule has 0 fully saturated rings. The van der Waals surface area contributed by atoms with Crippen molar-refractivity contribution in [1.29, 1.82) is 0 Å². The number of aliphatic imine (C=N–C) groups is 1. The molecule has 5 nitrogen and oxygen atoms in total. The van der Waals surface area contributed by atoms with E-state index in [4.69, 9.17) is 4.52 Å². The molecule has 0 radical (unpaired) electrons. The summed E-state index contributed by atoms with van der Waals surface area (Å²) in [4.78, 5) is 4.56. The Bertz CT molecular complexity index is 360. The van der Waals surface area contributed by atoms with Gasteiger partial charge in [0.25, 0.3) is 0 Å². The molecule has 0 saturated heterocycles. The molecule has 0 spiro atoms. The van der Waals surface area contributed by atoms with Crippen LogP contribution in [-0.4, -0.2) is 24.2 Å². The van der Waals surface area contributed by atoms with Crippen molar-refractivity contribution in [2.24, 2.45) is 4.99 Å². The minimum Gasteiger partial charge on any atom is -0.361 e. The molecule has 1 heterocycles. The smallest absolute Gasteiger partial charge is 0.191 e. The molecule has 0 aliphatic heterocycles. The van der Waals surface area contributed by atoms with Gasteiger partial charge in [0.05, 0.1) is 12.2 Å². The summed E-state index contributed by atoms with van der Waals surface area (Å²) >= 11 is 0. The van der Waals surface area contributed by atoms with Gasteiger partial charge < -0.3 is 15.2 Å². The van der Waals surface area contributed by atoms with E-state index >= 15 is 0 Å². The first kappa shape index (κ1) is 18.2. The Kier molecular flexibility index (Phi) is 9.63. The van der Waals surface area contributed by atoms with Gasteiger partial charge in [0.15, 0.2) is 5.96 Å². The zero-order chi connectivity index (χ0) is 13.4. The monoisotopic (exact) mass is 380 g/mol. The molecule has 6 heteroatoms. The molecule has 1 aromatic heterocycles. The lowest BCUT2D eigenvalue weighted by Crippen LogP contribution is -2.37. The molecule has 0 bridgehead atoms. The van der Waals surface area contributed by atoms with Crippen LogP contribution in [0.25, 0.3) is 0 Å². The first-order chi connectivity index (χ1) is 8.76. The predicted molar refractivity (Wildman–Crippen MR) is 89.2 cm³/mol. The molecule has 0 aromatic carbocycles. The van der Waals surface area contributed by atoms with Crippen molar-refractivity contribution < 1.29 is 4.52 Å². The van der Waals surface area contributed by atoms with Gasteiger partial charge in [0, 0.05) is 25.1 Å². The molecule has 1 rings (SSSR count). The maximum absolute atomic E-state index is 5.33. The molecule has 0 atom stereocenters. The van der Waals surface area contributed by atoms with Crippen molar-refractivity contribution in [3.8, 4) is 0 Å². The van der Waals surface area contributed by atoms with E-state index < -0.39 is 0 Å². The summed E-state index contributed by atoms with van der Waals surface area (Å²) in [6, 6.07) is 0. The Hall–Kier alpha value is -0.790. The van der Waals surface area contributed by atoms with Gasteiger partial charge in [-0.3, -0.25) is 0 Å². The number of nitrogens with zero attached hydrogens (tertiary/aromatic N) is 2. The highest BCUT2D eigenvalue weighted by molar-refractivity contribution is 14.0. The standard InChI is InChI=1S/C13H24N4O.HI/c1-5-11-10(12(6-2)18-17-11)9-16-13(14-7-3)15-8-4;/h5-9H2,1-4H3,(H2,14,15,16);1H. The van der Waals surface area contributed by atoms with Crippen molar-refractivity contribution in [3.05, 3.63) is 17.0 Å². The van der Waals surface area contributed by atoms with Crippen LogP contribution in [0.3, 0.4) is 0 Å². The Balaban J connectivity index is 0.00000324. The van der Waals surface area contributed by atoms with Crippen LogP contribution >= 0.6 is 24.0 Å². The van der Waals surface area contributed by atoms with Crippen LogP contribution < -0.4 is 10.6 Å². The molecule has 0 saturated carbocycles. The molecule has 0 unspecified atom stereocenters. The zero-order valence-electron chi connectivity index (χ0n) is 12.2. The van der Waals surface area contributed by atoms with Gasteiger partial charge in [-0.25, -0.2) is 4.99 Å². The Labute approximate surface area is 132 Å². The van der Waals surface area contributed by atoms with Crippen molar-refractivity contribution >= 4 is 29.9 Å². The molecule has 1 aromatic rings. The molecule has 0 amide bonds. The maximum Gasteiger partial charge on any atom is 0.191 e. The van der Waals surface area contributed by atoms with E-state index in [9.17, 15) is 0 Å². The predicted octanol–water partition coefficient (Wildman–Crippen LogP) is 2.49. The number of nitrogens with one attached hydrogen (secondary N) is 2. The molecular weight excluding hydrogens is 355 g/mol. The Morgan fingerprint density at radius 3 is 2.21 bits per heavy atom. The van der Waals surface area contributed by atoms with Crippen molar-refractivity contribution in [1.82, 2.24) is 15.8 Å². The first-order valence-electron chi connectivity index (χ1n) is 6.75. The molecule has 19 heavy (non-hydrogen) atoms. The Morgan fingerprint density at radius 1 is 1.11 bits per heavy atom. The molecule has 110 valence electrons. The zero-order valence-corrected chi connectivity index (χ0v) is 14.6. The van der Waals surface area contributed by atoms with Crippen molar-refractivity contribution in [3.63, 3.8) is 0 Å². The van der Waals surface area contributed by atoms with E-state index in [0.717, 1.165) is 48.9 Å². The number of rotatable bonds is 6. The van der Waals surface area contributed by atoms with Crippen molar-refractivity contribution in [2.45, 2.75) is 47.1 Å². The lowest BCUT2D eigenvalue weighted by molar-refractivity contribution is 0.380. The van der Waals surface area contributed by atoms with Gasteiger partial charge in [-0.2, -0.15) is 0 Å².